The lowest BCUT2D eigenvalue weighted by molar-refractivity contribution is -0.136. The van der Waals surface area contributed by atoms with Crippen LogP contribution in [-0.2, 0) is 11.8 Å². The van der Waals surface area contributed by atoms with Crippen LogP contribution in [0.4, 0.5) is 0 Å². The topological polar surface area (TPSA) is 67.4 Å². The number of hydrogen-bond donors (Lipinski definition) is 0. The van der Waals surface area contributed by atoms with Gasteiger partial charge in [0.2, 0.25) is 5.91 Å². The zero-order valence-corrected chi connectivity index (χ0v) is 18.1. The molecule has 2 aliphatic heterocycles. The predicted molar refractivity (Wildman–Crippen MR) is 111 cm³/mol. The Morgan fingerprint density at radius 1 is 1.17 bits per heavy atom. The molecule has 29 heavy (non-hydrogen) atoms. The molecule has 2 aromatic heterocycles. The molecule has 4 heterocycles. The average Bonchev–Trinajstić information content (AvgIpc) is 3.25. The van der Waals surface area contributed by atoms with Gasteiger partial charge in [-0.05, 0) is 65.0 Å². The van der Waals surface area contributed by atoms with Crippen molar-refractivity contribution < 1.29 is 9.32 Å². The lowest BCUT2D eigenvalue weighted by Crippen LogP contribution is -2.46. The van der Waals surface area contributed by atoms with Crippen LogP contribution in [0.5, 0.6) is 0 Å². The van der Waals surface area contributed by atoms with Crippen LogP contribution in [0.25, 0.3) is 11.3 Å². The molecule has 2 fully saturated rings. The molecule has 2 saturated heterocycles. The first kappa shape index (κ1) is 20.1. The summed E-state index contributed by atoms with van der Waals surface area (Å²) in [7, 11) is 1.93. The first-order chi connectivity index (χ1) is 13.9. The number of amides is 1. The van der Waals surface area contributed by atoms with E-state index in [-0.39, 0.29) is 11.9 Å². The Bertz CT molecular complexity index is 863. The van der Waals surface area contributed by atoms with Gasteiger partial charge in [0.1, 0.15) is 0 Å². The van der Waals surface area contributed by atoms with Crippen LogP contribution >= 0.6 is 0 Å². The maximum atomic E-state index is 13.3. The molecule has 2 aromatic rings. The number of hydrogen-bond acceptors (Lipinski definition) is 5. The van der Waals surface area contributed by atoms with E-state index < -0.39 is 0 Å². The van der Waals surface area contributed by atoms with Crippen LogP contribution < -0.4 is 0 Å². The second kappa shape index (κ2) is 8.30. The highest BCUT2D eigenvalue weighted by Gasteiger charge is 2.34. The zero-order valence-electron chi connectivity index (χ0n) is 18.1. The minimum absolute atomic E-state index is 0.000898. The third-order valence-electron chi connectivity index (χ3n) is 6.63. The third kappa shape index (κ3) is 4.10. The van der Waals surface area contributed by atoms with Crippen molar-refractivity contribution in [1.82, 2.24) is 24.7 Å². The summed E-state index contributed by atoms with van der Waals surface area (Å²) < 4.78 is 7.46. The van der Waals surface area contributed by atoms with Gasteiger partial charge in [0.25, 0.3) is 0 Å². The summed E-state index contributed by atoms with van der Waals surface area (Å²) in [4.78, 5) is 17.6. The van der Waals surface area contributed by atoms with Gasteiger partial charge in [-0.15, -0.1) is 0 Å². The molecular formula is C22H33N5O2. The Hall–Kier alpha value is -2.15. The van der Waals surface area contributed by atoms with Gasteiger partial charge in [0.15, 0.2) is 5.76 Å². The number of carbonyl (C=O) groups excluding carboxylic acids is 1. The smallest absolute Gasteiger partial charge is 0.237 e. The molecular weight excluding hydrogens is 366 g/mol. The summed E-state index contributed by atoms with van der Waals surface area (Å²) in [5.74, 6) is 1.77. The first-order valence-electron chi connectivity index (χ1n) is 10.9. The molecule has 0 spiro atoms. The maximum absolute atomic E-state index is 13.3. The van der Waals surface area contributed by atoms with Gasteiger partial charge in [-0.2, -0.15) is 5.10 Å². The highest BCUT2D eigenvalue weighted by Crippen LogP contribution is 2.37. The molecule has 4 rings (SSSR count). The average molecular weight is 400 g/mol. The van der Waals surface area contributed by atoms with Gasteiger partial charge in [-0.3, -0.25) is 14.4 Å². The number of carbonyl (C=O) groups is 1. The summed E-state index contributed by atoms with van der Waals surface area (Å²) in [5, 5.41) is 8.90. The minimum atomic E-state index is 0.000898. The van der Waals surface area contributed by atoms with Crippen molar-refractivity contribution in [2.75, 3.05) is 26.2 Å². The number of piperidine rings is 2. The van der Waals surface area contributed by atoms with E-state index in [1.54, 1.807) is 0 Å². The Morgan fingerprint density at radius 3 is 2.62 bits per heavy atom. The van der Waals surface area contributed by atoms with Crippen molar-refractivity contribution in [2.45, 2.75) is 58.9 Å². The highest BCUT2D eigenvalue weighted by molar-refractivity contribution is 5.79. The van der Waals surface area contributed by atoms with Crippen LogP contribution in [0.3, 0.4) is 0 Å². The quantitative estimate of drug-likeness (QED) is 0.787. The summed E-state index contributed by atoms with van der Waals surface area (Å²) in [6, 6.07) is 0.000898. The number of likely N-dealkylation sites (tertiary alicyclic amines) is 2. The Balaban J connectivity index is 1.58. The molecule has 7 heteroatoms. The fourth-order valence-electron chi connectivity index (χ4n) is 4.61. The number of rotatable bonds is 4. The molecule has 0 bridgehead atoms. The summed E-state index contributed by atoms with van der Waals surface area (Å²) in [6.07, 6.45) is 7.48. The zero-order chi connectivity index (χ0) is 20.5. The Labute approximate surface area is 173 Å². The van der Waals surface area contributed by atoms with Crippen molar-refractivity contribution in [1.29, 1.82) is 0 Å². The van der Waals surface area contributed by atoms with Crippen LogP contribution in [0.1, 0.15) is 62.0 Å². The van der Waals surface area contributed by atoms with Gasteiger partial charge in [0, 0.05) is 25.4 Å². The first-order valence-corrected chi connectivity index (χ1v) is 10.9. The maximum Gasteiger partial charge on any atom is 0.237 e. The Morgan fingerprint density at radius 2 is 1.93 bits per heavy atom. The second-order valence-electron chi connectivity index (χ2n) is 8.88. The van der Waals surface area contributed by atoms with Crippen LogP contribution in [0.2, 0.25) is 0 Å². The molecule has 0 N–H and O–H groups in total. The van der Waals surface area contributed by atoms with Crippen molar-refractivity contribution >= 4 is 5.91 Å². The Kier molecular flexibility index (Phi) is 5.76. The van der Waals surface area contributed by atoms with Crippen molar-refractivity contribution in [2.24, 2.45) is 13.0 Å². The van der Waals surface area contributed by atoms with E-state index in [1.807, 2.05) is 31.8 Å². The van der Waals surface area contributed by atoms with E-state index in [1.165, 1.54) is 12.8 Å². The molecule has 1 amide bonds. The molecule has 0 radical (unpaired) electrons. The van der Waals surface area contributed by atoms with Crippen molar-refractivity contribution in [3.05, 3.63) is 23.1 Å². The third-order valence-corrected chi connectivity index (χ3v) is 6.63. The van der Waals surface area contributed by atoms with E-state index >= 15 is 0 Å². The molecule has 0 saturated carbocycles. The van der Waals surface area contributed by atoms with Gasteiger partial charge >= 0.3 is 0 Å². The molecule has 7 nitrogen and oxygen atoms in total. The number of aryl methyl sites for hydroxylation is 2. The van der Waals surface area contributed by atoms with Crippen LogP contribution in [-0.4, -0.2) is 56.8 Å². The van der Waals surface area contributed by atoms with Crippen molar-refractivity contribution in [3.8, 4) is 11.3 Å². The van der Waals surface area contributed by atoms with Crippen LogP contribution in [0.15, 0.2) is 10.7 Å². The highest BCUT2D eigenvalue weighted by atomic mass is 16.5. The predicted octanol–water partition coefficient (Wildman–Crippen LogP) is 3.48. The van der Waals surface area contributed by atoms with Crippen LogP contribution in [0, 0.1) is 19.8 Å². The fraction of sp³-hybridized carbons (Fsp3) is 0.682. The minimum Gasteiger partial charge on any atom is -0.356 e. The van der Waals surface area contributed by atoms with E-state index in [0.717, 1.165) is 73.1 Å². The molecule has 1 atom stereocenters. The van der Waals surface area contributed by atoms with Gasteiger partial charge in [0.05, 0.1) is 29.5 Å². The molecule has 2 aliphatic rings. The van der Waals surface area contributed by atoms with E-state index in [0.29, 0.717) is 6.54 Å². The lowest BCUT2D eigenvalue weighted by atomic mass is 9.95. The second-order valence-corrected chi connectivity index (χ2v) is 8.88. The standard InChI is InChI=1S/C22H33N5O2/c1-15-8-11-26(12-9-15)14-20(28)27-10-6-5-7-19(27)21-18(13-25(4)23-21)22-16(2)17(3)24-29-22/h13,15,19H,5-12,14H2,1-4H3/t19-/m0/s1. The van der Waals surface area contributed by atoms with Gasteiger partial charge in [-0.1, -0.05) is 12.1 Å². The summed E-state index contributed by atoms with van der Waals surface area (Å²) in [6.45, 7) is 9.65. The lowest BCUT2D eigenvalue weighted by Gasteiger charge is -2.37. The monoisotopic (exact) mass is 399 g/mol. The fourth-order valence-corrected chi connectivity index (χ4v) is 4.61. The van der Waals surface area contributed by atoms with Gasteiger partial charge in [-0.25, -0.2) is 0 Å². The summed E-state index contributed by atoms with van der Waals surface area (Å²) in [5.41, 5.74) is 3.83. The molecule has 158 valence electrons. The van der Waals surface area contributed by atoms with Crippen molar-refractivity contribution in [3.63, 3.8) is 0 Å². The van der Waals surface area contributed by atoms with E-state index in [4.69, 9.17) is 9.62 Å². The SMILES string of the molecule is Cc1noc(-c2cn(C)nc2[C@@H]2CCCCN2C(=O)CN2CCC(C)CC2)c1C. The molecule has 0 aliphatic carbocycles. The van der Waals surface area contributed by atoms with E-state index in [9.17, 15) is 4.79 Å². The molecule has 0 aromatic carbocycles. The largest absolute Gasteiger partial charge is 0.356 e. The van der Waals surface area contributed by atoms with Gasteiger partial charge < -0.3 is 9.42 Å². The normalized spacial score (nSPS) is 21.7. The van der Waals surface area contributed by atoms with E-state index in [2.05, 4.69) is 21.9 Å². The number of aromatic nitrogens is 3. The number of nitrogens with zero attached hydrogens (tertiary/aromatic N) is 5. The summed E-state index contributed by atoms with van der Waals surface area (Å²) >= 11 is 0. The molecule has 0 unspecified atom stereocenters.